The first-order valence-electron chi connectivity index (χ1n) is 8.50. The molecule has 0 fully saturated rings. The number of carbonyl (C=O) groups excluding carboxylic acids is 2. The summed E-state index contributed by atoms with van der Waals surface area (Å²) in [5.41, 5.74) is 0.338. The van der Waals surface area contributed by atoms with E-state index in [1.54, 1.807) is 0 Å². The highest BCUT2D eigenvalue weighted by molar-refractivity contribution is 7.89. The minimum Gasteiger partial charge on any atom is -0.493 e. The molecule has 0 heterocycles. The summed E-state index contributed by atoms with van der Waals surface area (Å²) in [5.74, 6) is -0.638. The molecule has 0 aliphatic rings. The number of esters is 1. The molecule has 2 aromatic carbocycles. The third-order valence-electron chi connectivity index (χ3n) is 4.09. The van der Waals surface area contributed by atoms with Crippen molar-refractivity contribution in [3.8, 4) is 11.5 Å². The Hall–Kier alpha value is -2.82. The molecular formula is C19H21ClN2O7S. The molecule has 0 saturated heterocycles. The zero-order chi connectivity index (χ0) is 22.5. The lowest BCUT2D eigenvalue weighted by atomic mass is 10.2. The van der Waals surface area contributed by atoms with Gasteiger partial charge >= 0.3 is 5.97 Å². The normalized spacial score (nSPS) is 11.1. The summed E-state index contributed by atoms with van der Waals surface area (Å²) in [6.07, 6.45) is 0. The molecule has 162 valence electrons. The third-order valence-corrected chi connectivity index (χ3v) is 6.22. The number of nitrogens with one attached hydrogen (secondary N) is 1. The second-order valence-corrected chi connectivity index (χ2v) is 8.46. The maximum atomic E-state index is 12.8. The molecule has 11 heteroatoms. The minimum absolute atomic E-state index is 0.0684. The quantitative estimate of drug-likeness (QED) is 0.607. The van der Waals surface area contributed by atoms with E-state index in [1.807, 2.05) is 0 Å². The number of amides is 1. The van der Waals surface area contributed by atoms with Crippen molar-refractivity contribution < 1.29 is 32.2 Å². The molecule has 1 amide bonds. The molecular weight excluding hydrogens is 436 g/mol. The van der Waals surface area contributed by atoms with Crippen LogP contribution in [0, 0.1) is 0 Å². The molecule has 0 aromatic heterocycles. The highest BCUT2D eigenvalue weighted by Gasteiger charge is 2.25. The van der Waals surface area contributed by atoms with Crippen LogP contribution in [0.15, 0.2) is 41.3 Å². The summed E-state index contributed by atoms with van der Waals surface area (Å²) in [5, 5.41) is 2.68. The monoisotopic (exact) mass is 456 g/mol. The number of anilines is 1. The van der Waals surface area contributed by atoms with Crippen molar-refractivity contribution >= 4 is 39.2 Å². The average Bonchev–Trinajstić information content (AvgIpc) is 2.73. The van der Waals surface area contributed by atoms with Gasteiger partial charge < -0.3 is 19.5 Å². The first-order valence-corrected chi connectivity index (χ1v) is 10.3. The Morgan fingerprint density at radius 1 is 1.03 bits per heavy atom. The van der Waals surface area contributed by atoms with Crippen LogP contribution in [-0.4, -0.2) is 59.5 Å². The lowest BCUT2D eigenvalue weighted by Crippen LogP contribution is -2.35. The van der Waals surface area contributed by atoms with E-state index in [9.17, 15) is 18.0 Å². The molecule has 30 heavy (non-hydrogen) atoms. The number of sulfonamides is 1. The number of hydrogen-bond acceptors (Lipinski definition) is 7. The number of hydrogen-bond donors (Lipinski definition) is 1. The Morgan fingerprint density at radius 3 is 2.30 bits per heavy atom. The molecule has 0 aliphatic carbocycles. The van der Waals surface area contributed by atoms with Gasteiger partial charge in [-0.15, -0.1) is 0 Å². The molecule has 0 bridgehead atoms. The molecule has 1 N–H and O–H groups in total. The van der Waals surface area contributed by atoms with Crippen LogP contribution in [-0.2, 0) is 19.6 Å². The Labute approximate surface area is 179 Å². The molecule has 0 spiro atoms. The number of halogens is 1. The topological polar surface area (TPSA) is 111 Å². The van der Waals surface area contributed by atoms with Gasteiger partial charge in [0.05, 0.1) is 49.0 Å². The highest BCUT2D eigenvalue weighted by atomic mass is 35.5. The number of benzene rings is 2. The number of methoxy groups -OCH3 is 3. The number of carbonyl (C=O) groups is 2. The van der Waals surface area contributed by atoms with Crippen LogP contribution >= 0.6 is 11.6 Å². The summed E-state index contributed by atoms with van der Waals surface area (Å²) in [6.45, 7) is -0.491. The summed E-state index contributed by atoms with van der Waals surface area (Å²) in [6, 6.07) is 8.32. The summed E-state index contributed by atoms with van der Waals surface area (Å²) >= 11 is 6.05. The largest absolute Gasteiger partial charge is 0.493 e. The van der Waals surface area contributed by atoms with Crippen LogP contribution in [0.1, 0.15) is 10.4 Å². The Kier molecular flexibility index (Phi) is 7.65. The van der Waals surface area contributed by atoms with E-state index < -0.39 is 28.4 Å². The smallest absolute Gasteiger partial charge is 0.337 e. The van der Waals surface area contributed by atoms with Gasteiger partial charge in [-0.2, -0.15) is 4.31 Å². The van der Waals surface area contributed by atoms with Crippen molar-refractivity contribution in [3.63, 3.8) is 0 Å². The highest BCUT2D eigenvalue weighted by Crippen LogP contribution is 2.30. The van der Waals surface area contributed by atoms with Gasteiger partial charge in [-0.1, -0.05) is 11.6 Å². The first kappa shape index (κ1) is 23.5. The molecule has 2 rings (SSSR count). The van der Waals surface area contributed by atoms with Gasteiger partial charge in [-0.25, -0.2) is 13.2 Å². The fourth-order valence-corrected chi connectivity index (χ4v) is 3.81. The van der Waals surface area contributed by atoms with Gasteiger partial charge in [-0.05, 0) is 30.3 Å². The summed E-state index contributed by atoms with van der Waals surface area (Å²) in [7, 11) is 1.32. The molecule has 0 atom stereocenters. The van der Waals surface area contributed by atoms with E-state index in [0.29, 0.717) is 5.75 Å². The van der Waals surface area contributed by atoms with Crippen LogP contribution in [0.2, 0.25) is 5.02 Å². The molecule has 0 saturated carbocycles. The van der Waals surface area contributed by atoms with Crippen LogP contribution < -0.4 is 14.8 Å². The first-order chi connectivity index (χ1) is 14.1. The van der Waals surface area contributed by atoms with Crippen LogP contribution in [0.25, 0.3) is 0 Å². The van der Waals surface area contributed by atoms with E-state index in [1.165, 1.54) is 64.8 Å². The number of ether oxygens (including phenoxy) is 3. The van der Waals surface area contributed by atoms with Gasteiger partial charge in [-0.3, -0.25) is 4.79 Å². The van der Waals surface area contributed by atoms with E-state index in [4.69, 9.17) is 21.1 Å². The fraction of sp³-hybridized carbons (Fsp3) is 0.263. The zero-order valence-corrected chi connectivity index (χ0v) is 18.3. The maximum Gasteiger partial charge on any atom is 0.337 e. The molecule has 0 radical (unpaired) electrons. The van der Waals surface area contributed by atoms with Gasteiger partial charge in [0.25, 0.3) is 0 Å². The van der Waals surface area contributed by atoms with E-state index in [2.05, 4.69) is 10.1 Å². The number of rotatable bonds is 8. The summed E-state index contributed by atoms with van der Waals surface area (Å²) < 4.78 is 41.3. The van der Waals surface area contributed by atoms with Crippen molar-refractivity contribution in [3.05, 3.63) is 47.0 Å². The third kappa shape index (κ3) is 5.21. The predicted molar refractivity (Wildman–Crippen MR) is 111 cm³/mol. The number of likely N-dealkylation sites (N-methyl/N-ethyl adjacent to an activating group) is 1. The zero-order valence-electron chi connectivity index (χ0n) is 16.8. The standard InChI is InChI=1S/C19H21ClN2O7S/c1-22(30(25,26)13-6-8-16(27-2)17(10-13)28-3)11-18(23)21-15-9-12(19(24)29-4)5-7-14(15)20/h5-10H,11H2,1-4H3,(H,21,23). The lowest BCUT2D eigenvalue weighted by Gasteiger charge is -2.18. The fourth-order valence-electron chi connectivity index (χ4n) is 2.50. The lowest BCUT2D eigenvalue weighted by molar-refractivity contribution is -0.116. The predicted octanol–water partition coefficient (Wildman–Crippen LogP) is 2.40. The Bertz CT molecular complexity index is 1060. The maximum absolute atomic E-state index is 12.8. The van der Waals surface area contributed by atoms with Crippen molar-refractivity contribution in [2.45, 2.75) is 4.90 Å². The van der Waals surface area contributed by atoms with Crippen LogP contribution in [0.3, 0.4) is 0 Å². The van der Waals surface area contributed by atoms with E-state index in [-0.39, 0.29) is 26.9 Å². The van der Waals surface area contributed by atoms with E-state index in [0.717, 1.165) is 4.31 Å². The van der Waals surface area contributed by atoms with Gasteiger partial charge in [0, 0.05) is 13.1 Å². The SMILES string of the molecule is COC(=O)c1ccc(Cl)c(NC(=O)CN(C)S(=O)(=O)c2ccc(OC)c(OC)c2)c1. The van der Waals surface area contributed by atoms with Crippen LogP contribution in [0.4, 0.5) is 5.69 Å². The van der Waals surface area contributed by atoms with Gasteiger partial charge in [0.1, 0.15) is 0 Å². The van der Waals surface area contributed by atoms with Crippen molar-refractivity contribution in [2.75, 3.05) is 40.2 Å². The molecule has 2 aromatic rings. The van der Waals surface area contributed by atoms with Crippen LogP contribution in [0.5, 0.6) is 11.5 Å². The van der Waals surface area contributed by atoms with Gasteiger partial charge in [0.2, 0.25) is 15.9 Å². The Morgan fingerprint density at radius 2 is 1.70 bits per heavy atom. The van der Waals surface area contributed by atoms with Crippen molar-refractivity contribution in [2.24, 2.45) is 0 Å². The average molecular weight is 457 g/mol. The summed E-state index contributed by atoms with van der Waals surface area (Å²) in [4.78, 5) is 24.0. The molecule has 0 aliphatic heterocycles. The van der Waals surface area contributed by atoms with E-state index >= 15 is 0 Å². The van der Waals surface area contributed by atoms with Crippen molar-refractivity contribution in [1.29, 1.82) is 0 Å². The second-order valence-electron chi connectivity index (χ2n) is 6.01. The van der Waals surface area contributed by atoms with Gasteiger partial charge in [0.15, 0.2) is 11.5 Å². The number of nitrogens with zero attached hydrogens (tertiary/aromatic N) is 1. The Balaban J connectivity index is 2.18. The second kappa shape index (κ2) is 9.79. The molecule has 9 nitrogen and oxygen atoms in total. The molecule has 0 unspecified atom stereocenters. The van der Waals surface area contributed by atoms with Crippen molar-refractivity contribution in [1.82, 2.24) is 4.31 Å². The minimum atomic E-state index is -3.99.